The average molecular weight is 430 g/mol. The summed E-state index contributed by atoms with van der Waals surface area (Å²) in [5, 5.41) is 5.71. The Hall–Kier alpha value is -4.20. The number of nitrogens with one attached hydrogen (secondary N) is 2. The van der Waals surface area contributed by atoms with Gasteiger partial charge in [-0.15, -0.1) is 0 Å². The number of anilines is 1. The summed E-state index contributed by atoms with van der Waals surface area (Å²) in [7, 11) is 0. The van der Waals surface area contributed by atoms with E-state index in [4.69, 9.17) is 8.83 Å². The zero-order valence-electron chi connectivity index (χ0n) is 17.5. The molecule has 0 atom stereocenters. The molecule has 8 heteroatoms. The Bertz CT molecular complexity index is 1200. The average Bonchev–Trinajstić information content (AvgIpc) is 3.47. The van der Waals surface area contributed by atoms with E-state index in [0.717, 1.165) is 5.76 Å². The summed E-state index contributed by atoms with van der Waals surface area (Å²) in [5.74, 6) is 1.29. The molecule has 32 heavy (non-hydrogen) atoms. The van der Waals surface area contributed by atoms with Gasteiger partial charge >= 0.3 is 0 Å². The molecule has 0 aliphatic heterocycles. The number of amides is 2. The van der Waals surface area contributed by atoms with Gasteiger partial charge in [0.25, 0.3) is 5.91 Å². The third-order valence-electron chi connectivity index (χ3n) is 4.83. The second kappa shape index (κ2) is 9.74. The van der Waals surface area contributed by atoms with Crippen molar-refractivity contribution in [1.29, 1.82) is 0 Å². The fourth-order valence-electron chi connectivity index (χ4n) is 3.13. The van der Waals surface area contributed by atoms with Gasteiger partial charge in [-0.1, -0.05) is 18.2 Å². The van der Waals surface area contributed by atoms with Crippen LogP contribution < -0.4 is 10.6 Å². The van der Waals surface area contributed by atoms with Crippen LogP contribution in [0.25, 0.3) is 11.5 Å². The molecule has 0 spiro atoms. The number of rotatable bonds is 8. The first kappa shape index (κ1) is 21.0. The summed E-state index contributed by atoms with van der Waals surface area (Å²) < 4.78 is 11.1. The van der Waals surface area contributed by atoms with Crippen LogP contribution in [0.1, 0.15) is 34.1 Å². The number of aromatic nitrogens is 2. The molecule has 0 bridgehead atoms. The summed E-state index contributed by atoms with van der Waals surface area (Å²) in [4.78, 5) is 33.3. The molecule has 2 amide bonds. The topological polar surface area (TPSA) is 110 Å². The van der Waals surface area contributed by atoms with Crippen LogP contribution in [0.3, 0.4) is 0 Å². The first-order valence-corrected chi connectivity index (χ1v) is 10.2. The number of furan rings is 1. The van der Waals surface area contributed by atoms with Gasteiger partial charge in [0.15, 0.2) is 0 Å². The predicted octanol–water partition coefficient (Wildman–Crippen LogP) is 4.14. The highest BCUT2D eigenvalue weighted by molar-refractivity contribution is 6.04. The van der Waals surface area contributed by atoms with Crippen molar-refractivity contribution in [2.75, 3.05) is 5.32 Å². The second-order valence-electron chi connectivity index (χ2n) is 7.09. The Kier molecular flexibility index (Phi) is 6.41. The number of aryl methyl sites for hydroxylation is 2. The van der Waals surface area contributed by atoms with Crippen LogP contribution in [-0.2, 0) is 17.8 Å². The van der Waals surface area contributed by atoms with E-state index in [-0.39, 0.29) is 18.4 Å². The van der Waals surface area contributed by atoms with Gasteiger partial charge in [0, 0.05) is 19.0 Å². The van der Waals surface area contributed by atoms with E-state index >= 15 is 0 Å². The summed E-state index contributed by atoms with van der Waals surface area (Å²) in [6, 6.07) is 16.0. The van der Waals surface area contributed by atoms with E-state index in [1.165, 1.54) is 0 Å². The van der Waals surface area contributed by atoms with Crippen molar-refractivity contribution in [3.8, 4) is 11.5 Å². The van der Waals surface area contributed by atoms with E-state index in [1.807, 2.05) is 24.3 Å². The van der Waals surface area contributed by atoms with Crippen molar-refractivity contribution in [1.82, 2.24) is 15.3 Å². The molecule has 0 saturated heterocycles. The zero-order chi connectivity index (χ0) is 22.3. The molecule has 8 nitrogen and oxygen atoms in total. The van der Waals surface area contributed by atoms with Crippen molar-refractivity contribution in [3.05, 3.63) is 90.0 Å². The number of oxazole rings is 1. The maximum Gasteiger partial charge on any atom is 0.274 e. The minimum atomic E-state index is -0.328. The molecule has 3 heterocycles. The van der Waals surface area contributed by atoms with Crippen molar-refractivity contribution >= 4 is 17.5 Å². The van der Waals surface area contributed by atoms with Crippen molar-refractivity contribution in [3.63, 3.8) is 0 Å². The third-order valence-corrected chi connectivity index (χ3v) is 4.83. The molecule has 0 aliphatic rings. The van der Waals surface area contributed by atoms with E-state index in [9.17, 15) is 9.59 Å². The molecular weight excluding hydrogens is 408 g/mol. The van der Waals surface area contributed by atoms with Crippen LogP contribution in [0.5, 0.6) is 0 Å². The van der Waals surface area contributed by atoms with E-state index in [0.29, 0.717) is 47.1 Å². The summed E-state index contributed by atoms with van der Waals surface area (Å²) >= 11 is 0. The molecular formula is C24H22N4O4. The normalized spacial score (nSPS) is 10.7. The Morgan fingerprint density at radius 3 is 2.66 bits per heavy atom. The Morgan fingerprint density at radius 1 is 1.03 bits per heavy atom. The van der Waals surface area contributed by atoms with Gasteiger partial charge < -0.3 is 19.5 Å². The lowest BCUT2D eigenvalue weighted by atomic mass is 10.1. The maximum atomic E-state index is 12.5. The second-order valence-corrected chi connectivity index (χ2v) is 7.09. The molecule has 0 fully saturated rings. The highest BCUT2D eigenvalue weighted by Crippen LogP contribution is 2.29. The van der Waals surface area contributed by atoms with Crippen LogP contribution in [0.4, 0.5) is 5.69 Å². The summed E-state index contributed by atoms with van der Waals surface area (Å²) in [6.45, 7) is 2.03. The Morgan fingerprint density at radius 2 is 1.88 bits per heavy atom. The first-order chi connectivity index (χ1) is 15.6. The SMILES string of the molecule is Cc1oc(-c2ccccc2NC(=O)c2ccccn2)nc1CNC(=O)CCc1ccco1. The number of benzene rings is 1. The number of carbonyl (C=O) groups is 2. The molecule has 0 aliphatic carbocycles. The molecule has 3 aromatic heterocycles. The van der Waals surface area contributed by atoms with Crippen LogP contribution in [0.2, 0.25) is 0 Å². The molecule has 4 aromatic rings. The highest BCUT2D eigenvalue weighted by Gasteiger charge is 2.17. The van der Waals surface area contributed by atoms with E-state index in [2.05, 4.69) is 20.6 Å². The van der Waals surface area contributed by atoms with E-state index in [1.54, 1.807) is 49.7 Å². The van der Waals surface area contributed by atoms with Gasteiger partial charge in [0.05, 0.1) is 24.1 Å². The van der Waals surface area contributed by atoms with E-state index < -0.39 is 0 Å². The van der Waals surface area contributed by atoms with Gasteiger partial charge in [-0.3, -0.25) is 14.6 Å². The monoisotopic (exact) mass is 430 g/mol. The fraction of sp³-hybridized carbons (Fsp3) is 0.167. The molecule has 162 valence electrons. The van der Waals surface area contributed by atoms with Crippen molar-refractivity contribution < 1.29 is 18.4 Å². The minimum Gasteiger partial charge on any atom is -0.469 e. The Balaban J connectivity index is 1.43. The maximum absolute atomic E-state index is 12.5. The molecule has 2 N–H and O–H groups in total. The number of carbonyl (C=O) groups excluding carboxylic acids is 2. The first-order valence-electron chi connectivity index (χ1n) is 10.2. The third kappa shape index (κ3) is 5.10. The largest absolute Gasteiger partial charge is 0.469 e. The lowest BCUT2D eigenvalue weighted by Crippen LogP contribution is -2.23. The summed E-state index contributed by atoms with van der Waals surface area (Å²) in [5.41, 5.74) is 2.12. The zero-order valence-corrected chi connectivity index (χ0v) is 17.5. The van der Waals surface area contributed by atoms with Gasteiger partial charge in [-0.2, -0.15) is 0 Å². The standard InChI is InChI=1S/C24H22N4O4/c1-16-21(15-26-22(29)12-11-17-7-6-14-31-17)28-24(32-16)18-8-2-3-9-19(18)27-23(30)20-10-4-5-13-25-20/h2-10,13-14H,11-12,15H2,1H3,(H,26,29)(H,27,30). The fourth-order valence-corrected chi connectivity index (χ4v) is 3.13. The molecule has 0 radical (unpaired) electrons. The van der Waals surface area contributed by atoms with Crippen LogP contribution in [0, 0.1) is 6.92 Å². The van der Waals surface area contributed by atoms with Crippen molar-refractivity contribution in [2.45, 2.75) is 26.3 Å². The molecule has 4 rings (SSSR count). The minimum absolute atomic E-state index is 0.103. The van der Waals surface area contributed by atoms with Crippen molar-refractivity contribution in [2.24, 2.45) is 0 Å². The smallest absolute Gasteiger partial charge is 0.274 e. The number of para-hydroxylation sites is 1. The lowest BCUT2D eigenvalue weighted by Gasteiger charge is -2.08. The van der Waals surface area contributed by atoms with Gasteiger partial charge in [-0.05, 0) is 43.3 Å². The van der Waals surface area contributed by atoms with Gasteiger partial charge in [-0.25, -0.2) is 4.98 Å². The number of hydrogen-bond donors (Lipinski definition) is 2. The van der Waals surface area contributed by atoms with Gasteiger partial charge in [0.1, 0.15) is 22.9 Å². The highest BCUT2D eigenvalue weighted by atomic mass is 16.4. The summed E-state index contributed by atoms with van der Waals surface area (Å²) in [6.07, 6.45) is 4.00. The van der Waals surface area contributed by atoms with Crippen LogP contribution in [0.15, 0.2) is 75.9 Å². The van der Waals surface area contributed by atoms with Crippen LogP contribution >= 0.6 is 0 Å². The molecule has 0 unspecified atom stereocenters. The predicted molar refractivity (Wildman–Crippen MR) is 118 cm³/mol. The Labute approximate surface area is 184 Å². The number of pyridine rings is 1. The van der Waals surface area contributed by atoms with Gasteiger partial charge in [0.2, 0.25) is 11.8 Å². The molecule has 0 saturated carbocycles. The van der Waals surface area contributed by atoms with Crippen LogP contribution in [-0.4, -0.2) is 21.8 Å². The number of hydrogen-bond acceptors (Lipinski definition) is 6. The molecule has 1 aromatic carbocycles. The quantitative estimate of drug-likeness (QED) is 0.435. The number of nitrogens with zero attached hydrogens (tertiary/aromatic N) is 2. The lowest BCUT2D eigenvalue weighted by molar-refractivity contribution is -0.121.